The van der Waals surface area contributed by atoms with Crippen molar-refractivity contribution < 1.29 is 19.2 Å². The number of nitro groups is 1. The third-order valence-corrected chi connectivity index (χ3v) is 4.59. The molecule has 0 aliphatic heterocycles. The molecule has 9 nitrogen and oxygen atoms in total. The first-order chi connectivity index (χ1) is 14.2. The number of hydrogen-bond donors (Lipinski definition) is 1. The van der Waals surface area contributed by atoms with E-state index in [0.29, 0.717) is 24.4 Å². The molecule has 1 N–H and O–H groups in total. The van der Waals surface area contributed by atoms with E-state index < -0.39 is 11.0 Å². The van der Waals surface area contributed by atoms with Crippen LogP contribution in [0, 0.1) is 10.1 Å². The summed E-state index contributed by atoms with van der Waals surface area (Å²) in [6.45, 7) is 1.89. The van der Waals surface area contributed by atoms with E-state index in [-0.39, 0.29) is 30.0 Å². The zero-order valence-electron chi connectivity index (χ0n) is 17.9. The first kappa shape index (κ1) is 25.9. The molecule has 0 bridgehead atoms. The Hall–Kier alpha value is -3.17. The summed E-state index contributed by atoms with van der Waals surface area (Å²) in [5.74, 6) is 0.299. The van der Waals surface area contributed by atoms with Gasteiger partial charge in [-0.2, -0.15) is 0 Å². The molecule has 168 valence electrons. The van der Waals surface area contributed by atoms with Crippen LogP contribution in [0.1, 0.15) is 24.9 Å². The molecule has 10 heteroatoms. The number of benzene rings is 2. The van der Waals surface area contributed by atoms with Gasteiger partial charge in [0.25, 0.3) is 5.69 Å². The minimum absolute atomic E-state index is 0. The maximum absolute atomic E-state index is 12.1. The molecule has 2 aromatic rings. The lowest BCUT2D eigenvalue weighted by Crippen LogP contribution is -2.32. The lowest BCUT2D eigenvalue weighted by Gasteiger charge is -2.24. The van der Waals surface area contributed by atoms with Gasteiger partial charge in [-0.3, -0.25) is 14.9 Å². The number of nitro benzene ring substituents is 1. The highest BCUT2D eigenvalue weighted by Crippen LogP contribution is 2.24. The number of hydrogen-bond acceptors (Lipinski definition) is 6. The molecule has 0 saturated carbocycles. The second-order valence-corrected chi connectivity index (χ2v) is 6.91. The Balaban J connectivity index is 0.00000480. The van der Waals surface area contributed by atoms with Gasteiger partial charge in [-0.15, -0.1) is 12.4 Å². The Kier molecular flexibility index (Phi) is 9.91. The summed E-state index contributed by atoms with van der Waals surface area (Å²) in [7, 11) is 5.05. The minimum Gasteiger partial charge on any atom is -0.410 e. The zero-order valence-corrected chi connectivity index (χ0v) is 18.7. The van der Waals surface area contributed by atoms with Crippen LogP contribution in [-0.2, 0) is 4.79 Å². The maximum atomic E-state index is 12.1. The van der Waals surface area contributed by atoms with Gasteiger partial charge in [-0.25, -0.2) is 4.79 Å². The third kappa shape index (κ3) is 7.23. The molecule has 2 aromatic carbocycles. The molecule has 31 heavy (non-hydrogen) atoms. The van der Waals surface area contributed by atoms with Crippen LogP contribution < -0.4 is 15.0 Å². The molecule has 1 atom stereocenters. The molecule has 0 aliphatic rings. The van der Waals surface area contributed by atoms with Gasteiger partial charge in [0.2, 0.25) is 5.91 Å². The van der Waals surface area contributed by atoms with Gasteiger partial charge in [0.05, 0.1) is 4.92 Å². The van der Waals surface area contributed by atoms with Crippen LogP contribution in [0.2, 0.25) is 0 Å². The molecule has 0 radical (unpaired) electrons. The fourth-order valence-corrected chi connectivity index (χ4v) is 2.92. The number of amides is 2. The quantitative estimate of drug-likeness (QED) is 0.484. The lowest BCUT2D eigenvalue weighted by atomic mass is 10.0. The monoisotopic (exact) mass is 450 g/mol. The Bertz CT molecular complexity index is 888. The van der Waals surface area contributed by atoms with Crippen LogP contribution >= 0.6 is 12.4 Å². The number of nitrogens with one attached hydrogen (secondary N) is 1. The Labute approximate surface area is 187 Å². The van der Waals surface area contributed by atoms with Gasteiger partial charge in [-0.1, -0.05) is 12.1 Å². The molecular formula is C21H27ClN4O5. The lowest BCUT2D eigenvalue weighted by molar-refractivity contribution is -0.384. The van der Waals surface area contributed by atoms with Crippen molar-refractivity contribution >= 4 is 35.8 Å². The predicted molar refractivity (Wildman–Crippen MR) is 121 cm³/mol. The SMILES string of the molecule is CNC(CCN(C(C)=O)c1ccc([N+](=O)[O-])cc1)c1ccc(OC(=O)N(C)C)cc1.Cl. The maximum Gasteiger partial charge on any atom is 0.414 e. The van der Waals surface area contributed by atoms with Crippen molar-refractivity contribution in [3.63, 3.8) is 0 Å². The molecule has 0 saturated heterocycles. The van der Waals surface area contributed by atoms with Gasteiger partial charge < -0.3 is 19.9 Å². The smallest absolute Gasteiger partial charge is 0.410 e. The summed E-state index contributed by atoms with van der Waals surface area (Å²) in [5.41, 5.74) is 1.56. The van der Waals surface area contributed by atoms with Crippen molar-refractivity contribution in [1.29, 1.82) is 0 Å². The summed E-state index contributed by atoms with van der Waals surface area (Å²) in [4.78, 5) is 37.0. The molecule has 2 rings (SSSR count). The standard InChI is InChI=1S/C21H26N4O5.ClH/c1-15(26)24(17-7-9-18(10-8-17)25(28)29)14-13-20(22-2)16-5-11-19(12-6-16)30-21(27)23(3)4;/h5-12,20,22H,13-14H2,1-4H3;1H. The predicted octanol–water partition coefficient (Wildman–Crippen LogP) is 3.78. The molecule has 0 fully saturated rings. The number of halogens is 1. The summed E-state index contributed by atoms with van der Waals surface area (Å²) >= 11 is 0. The van der Waals surface area contributed by atoms with Crippen LogP contribution in [0.25, 0.3) is 0 Å². The minimum atomic E-state index is -0.474. The van der Waals surface area contributed by atoms with E-state index in [9.17, 15) is 19.7 Å². The third-order valence-electron chi connectivity index (χ3n) is 4.59. The Morgan fingerprint density at radius 1 is 1.10 bits per heavy atom. The number of ether oxygens (including phenoxy) is 1. The van der Waals surface area contributed by atoms with Crippen LogP contribution in [0.4, 0.5) is 16.2 Å². The first-order valence-electron chi connectivity index (χ1n) is 9.42. The van der Waals surface area contributed by atoms with Gasteiger partial charge in [-0.05, 0) is 43.3 Å². The average Bonchev–Trinajstić information content (AvgIpc) is 2.72. The van der Waals surface area contributed by atoms with Crippen LogP contribution in [0.15, 0.2) is 48.5 Å². The number of nitrogens with zero attached hydrogens (tertiary/aromatic N) is 3. The summed E-state index contributed by atoms with van der Waals surface area (Å²) in [5, 5.41) is 14.1. The highest BCUT2D eigenvalue weighted by Gasteiger charge is 2.17. The summed E-state index contributed by atoms with van der Waals surface area (Å²) < 4.78 is 5.22. The fraction of sp³-hybridized carbons (Fsp3) is 0.333. The van der Waals surface area contributed by atoms with E-state index in [4.69, 9.17) is 4.74 Å². The fourth-order valence-electron chi connectivity index (χ4n) is 2.92. The van der Waals surface area contributed by atoms with Gasteiger partial charge >= 0.3 is 6.09 Å². The van der Waals surface area contributed by atoms with Crippen molar-refractivity contribution in [1.82, 2.24) is 10.2 Å². The van der Waals surface area contributed by atoms with E-state index >= 15 is 0 Å². The zero-order chi connectivity index (χ0) is 22.3. The molecular weight excluding hydrogens is 424 g/mol. The summed E-state index contributed by atoms with van der Waals surface area (Å²) in [6.07, 6.45) is 0.164. The Morgan fingerprint density at radius 2 is 1.68 bits per heavy atom. The molecule has 0 aromatic heterocycles. The van der Waals surface area contributed by atoms with Crippen molar-refractivity contribution in [2.75, 3.05) is 32.6 Å². The highest BCUT2D eigenvalue weighted by molar-refractivity contribution is 5.91. The van der Waals surface area contributed by atoms with E-state index in [1.54, 1.807) is 43.3 Å². The molecule has 0 aliphatic carbocycles. The Morgan fingerprint density at radius 3 is 2.13 bits per heavy atom. The van der Waals surface area contributed by atoms with E-state index in [0.717, 1.165) is 5.56 Å². The molecule has 0 heterocycles. The highest BCUT2D eigenvalue weighted by atomic mass is 35.5. The number of carbonyl (C=O) groups excluding carboxylic acids is 2. The second kappa shape index (κ2) is 11.9. The number of carbonyl (C=O) groups is 2. The van der Waals surface area contributed by atoms with Crippen LogP contribution in [-0.4, -0.2) is 49.5 Å². The normalized spacial score (nSPS) is 11.1. The van der Waals surface area contributed by atoms with Crippen LogP contribution in [0.5, 0.6) is 5.75 Å². The van der Waals surface area contributed by atoms with Crippen molar-refractivity contribution in [3.8, 4) is 5.75 Å². The first-order valence-corrected chi connectivity index (χ1v) is 9.42. The van der Waals surface area contributed by atoms with Gasteiger partial charge in [0, 0.05) is 51.4 Å². The molecule has 1 unspecified atom stereocenters. The average molecular weight is 451 g/mol. The van der Waals surface area contributed by atoms with Gasteiger partial charge in [0.15, 0.2) is 0 Å². The number of rotatable bonds is 8. The van der Waals surface area contributed by atoms with E-state index in [2.05, 4.69) is 5.32 Å². The van der Waals surface area contributed by atoms with Crippen molar-refractivity contribution in [3.05, 3.63) is 64.2 Å². The second-order valence-electron chi connectivity index (χ2n) is 6.91. The van der Waals surface area contributed by atoms with Crippen molar-refractivity contribution in [2.24, 2.45) is 0 Å². The van der Waals surface area contributed by atoms with E-state index in [1.165, 1.54) is 24.0 Å². The summed E-state index contributed by atoms with van der Waals surface area (Å²) in [6, 6.07) is 13.0. The van der Waals surface area contributed by atoms with E-state index in [1.807, 2.05) is 19.2 Å². The molecule has 0 spiro atoms. The number of anilines is 1. The van der Waals surface area contributed by atoms with Gasteiger partial charge in [0.1, 0.15) is 5.75 Å². The number of non-ortho nitro benzene ring substituents is 1. The largest absolute Gasteiger partial charge is 0.414 e. The topological polar surface area (TPSA) is 105 Å². The van der Waals surface area contributed by atoms with Crippen molar-refractivity contribution in [2.45, 2.75) is 19.4 Å². The molecule has 2 amide bonds. The van der Waals surface area contributed by atoms with Crippen LogP contribution in [0.3, 0.4) is 0 Å².